The Morgan fingerprint density at radius 2 is 1.72 bits per heavy atom. The van der Waals surface area contributed by atoms with Crippen LogP contribution in [0.5, 0.6) is 5.75 Å². The molecule has 1 N–H and O–H groups in total. The largest absolute Gasteiger partial charge is 0.497 e. The van der Waals surface area contributed by atoms with Gasteiger partial charge in [0.1, 0.15) is 17.8 Å². The fourth-order valence-corrected chi connectivity index (χ4v) is 3.49. The number of hydrogen-bond acceptors (Lipinski definition) is 4. The minimum absolute atomic E-state index is 0.126. The number of carbonyl (C=O) groups is 3. The zero-order valence-electron chi connectivity index (χ0n) is 17.0. The zero-order valence-corrected chi connectivity index (χ0v) is 17.0. The van der Waals surface area contributed by atoms with E-state index >= 15 is 0 Å². The van der Waals surface area contributed by atoms with Gasteiger partial charge in [0, 0.05) is 11.7 Å². The zero-order chi connectivity index (χ0) is 21.2. The molecule has 1 aliphatic rings. The van der Waals surface area contributed by atoms with Gasteiger partial charge in [-0.1, -0.05) is 30.3 Å². The van der Waals surface area contributed by atoms with Crippen molar-refractivity contribution in [1.82, 2.24) is 10.2 Å². The third-order valence-corrected chi connectivity index (χ3v) is 5.06. The molecule has 2 aromatic carbocycles. The van der Waals surface area contributed by atoms with Crippen LogP contribution in [0.15, 0.2) is 54.6 Å². The highest BCUT2D eigenvalue weighted by Crippen LogP contribution is 2.30. The van der Waals surface area contributed by atoms with E-state index in [0.717, 1.165) is 10.6 Å². The first-order valence-electron chi connectivity index (χ1n) is 9.43. The second-order valence-corrected chi connectivity index (χ2v) is 7.37. The van der Waals surface area contributed by atoms with Crippen molar-refractivity contribution in [2.75, 3.05) is 18.6 Å². The molecule has 1 atom stereocenters. The molecule has 0 aliphatic carbocycles. The lowest BCUT2D eigenvalue weighted by Gasteiger charge is -2.28. The standard InChI is InChI=1S/C22H25N3O4/c1-15(2)25(17-8-6-5-7-9-17)19(26)14-24-20(27)22(3,23-21(24)28)16-10-12-18(29-4)13-11-16/h5-13,15H,14H2,1-4H3,(H,23,28)/t22-/m0/s1. The van der Waals surface area contributed by atoms with Crippen LogP contribution in [-0.2, 0) is 15.1 Å². The molecule has 0 spiro atoms. The van der Waals surface area contributed by atoms with Crippen LogP contribution < -0.4 is 15.0 Å². The third-order valence-electron chi connectivity index (χ3n) is 5.06. The van der Waals surface area contributed by atoms with E-state index in [-0.39, 0.29) is 18.5 Å². The molecule has 4 amide bonds. The normalized spacial score (nSPS) is 18.7. The van der Waals surface area contributed by atoms with E-state index in [4.69, 9.17) is 4.74 Å². The number of nitrogens with one attached hydrogen (secondary N) is 1. The predicted molar refractivity (Wildman–Crippen MR) is 110 cm³/mol. The van der Waals surface area contributed by atoms with Crippen LogP contribution in [0, 0.1) is 0 Å². The number of amides is 4. The fraction of sp³-hybridized carbons (Fsp3) is 0.318. The molecule has 0 unspecified atom stereocenters. The number of methoxy groups -OCH3 is 1. The summed E-state index contributed by atoms with van der Waals surface area (Å²) < 4.78 is 5.14. The number of rotatable bonds is 6. The maximum atomic E-state index is 13.1. The van der Waals surface area contributed by atoms with Crippen molar-refractivity contribution in [3.63, 3.8) is 0 Å². The minimum Gasteiger partial charge on any atom is -0.497 e. The van der Waals surface area contributed by atoms with E-state index < -0.39 is 17.5 Å². The molecule has 2 aromatic rings. The number of hydrogen-bond donors (Lipinski definition) is 1. The second-order valence-electron chi connectivity index (χ2n) is 7.37. The second kappa shape index (κ2) is 7.95. The van der Waals surface area contributed by atoms with E-state index in [1.54, 1.807) is 43.2 Å². The Morgan fingerprint density at radius 3 is 2.28 bits per heavy atom. The number of benzene rings is 2. The predicted octanol–water partition coefficient (Wildman–Crippen LogP) is 2.90. The summed E-state index contributed by atoms with van der Waals surface area (Å²) in [6.45, 7) is 5.08. The summed E-state index contributed by atoms with van der Waals surface area (Å²) in [7, 11) is 1.56. The molecule has 3 rings (SSSR count). The quantitative estimate of drug-likeness (QED) is 0.763. The summed E-state index contributed by atoms with van der Waals surface area (Å²) in [6, 6.07) is 15.4. The van der Waals surface area contributed by atoms with Gasteiger partial charge in [0.05, 0.1) is 7.11 Å². The Bertz CT molecular complexity index is 911. The van der Waals surface area contributed by atoms with Crippen LogP contribution >= 0.6 is 0 Å². The molecule has 7 heteroatoms. The van der Waals surface area contributed by atoms with E-state index in [1.165, 1.54) is 0 Å². The smallest absolute Gasteiger partial charge is 0.325 e. The molecule has 1 saturated heterocycles. The summed E-state index contributed by atoms with van der Waals surface area (Å²) in [5.74, 6) is -0.136. The Balaban J connectivity index is 1.83. The van der Waals surface area contributed by atoms with Gasteiger partial charge in [-0.25, -0.2) is 4.79 Å². The minimum atomic E-state index is -1.24. The molecule has 0 radical (unpaired) electrons. The van der Waals surface area contributed by atoms with Crippen LogP contribution in [0.3, 0.4) is 0 Å². The molecule has 0 saturated carbocycles. The van der Waals surface area contributed by atoms with E-state index in [2.05, 4.69) is 5.32 Å². The van der Waals surface area contributed by atoms with E-state index in [1.807, 2.05) is 44.2 Å². The van der Waals surface area contributed by atoms with Crippen LogP contribution in [0.4, 0.5) is 10.5 Å². The molecular formula is C22H25N3O4. The maximum Gasteiger partial charge on any atom is 0.325 e. The number of para-hydroxylation sites is 1. The number of urea groups is 1. The molecule has 29 heavy (non-hydrogen) atoms. The van der Waals surface area contributed by atoms with Gasteiger partial charge >= 0.3 is 6.03 Å². The first-order chi connectivity index (χ1) is 13.8. The number of ether oxygens (including phenoxy) is 1. The van der Waals surface area contributed by atoms with Crippen molar-refractivity contribution in [2.45, 2.75) is 32.4 Å². The number of imide groups is 1. The van der Waals surface area contributed by atoms with Crippen LogP contribution in [-0.4, -0.2) is 42.4 Å². The lowest BCUT2D eigenvalue weighted by Crippen LogP contribution is -2.46. The molecule has 0 bridgehead atoms. The van der Waals surface area contributed by atoms with Crippen molar-refractivity contribution in [1.29, 1.82) is 0 Å². The topological polar surface area (TPSA) is 79.0 Å². The summed E-state index contributed by atoms with van der Waals surface area (Å²) in [5, 5.41) is 2.72. The Kier molecular flexibility index (Phi) is 5.59. The molecular weight excluding hydrogens is 370 g/mol. The summed E-state index contributed by atoms with van der Waals surface area (Å²) >= 11 is 0. The summed E-state index contributed by atoms with van der Waals surface area (Å²) in [5.41, 5.74) is 0.104. The van der Waals surface area contributed by atoms with Crippen LogP contribution in [0.2, 0.25) is 0 Å². The first kappa shape index (κ1) is 20.4. The van der Waals surface area contributed by atoms with Gasteiger partial charge in [-0.15, -0.1) is 0 Å². The van der Waals surface area contributed by atoms with Gasteiger partial charge in [0.15, 0.2) is 0 Å². The lowest BCUT2D eigenvalue weighted by molar-refractivity contribution is -0.134. The molecule has 0 aromatic heterocycles. The average molecular weight is 395 g/mol. The average Bonchev–Trinajstić information content (AvgIpc) is 2.92. The Labute approximate surface area is 170 Å². The SMILES string of the molecule is COc1ccc([C@]2(C)NC(=O)N(CC(=O)N(c3ccccc3)C(C)C)C2=O)cc1. The molecule has 1 aliphatic heterocycles. The summed E-state index contributed by atoms with van der Waals surface area (Å²) in [4.78, 5) is 41.2. The van der Waals surface area contributed by atoms with E-state index in [9.17, 15) is 14.4 Å². The Morgan fingerprint density at radius 1 is 1.10 bits per heavy atom. The first-order valence-corrected chi connectivity index (χ1v) is 9.43. The van der Waals surface area contributed by atoms with Crippen molar-refractivity contribution >= 4 is 23.5 Å². The molecule has 7 nitrogen and oxygen atoms in total. The van der Waals surface area contributed by atoms with Gasteiger partial charge in [0.25, 0.3) is 5.91 Å². The van der Waals surface area contributed by atoms with Gasteiger partial charge in [-0.05, 0) is 50.6 Å². The number of carbonyl (C=O) groups excluding carboxylic acids is 3. The van der Waals surface area contributed by atoms with E-state index in [0.29, 0.717) is 11.3 Å². The Hall–Kier alpha value is -3.35. The van der Waals surface area contributed by atoms with Crippen molar-refractivity contribution in [2.24, 2.45) is 0 Å². The molecule has 152 valence electrons. The van der Waals surface area contributed by atoms with Crippen LogP contribution in [0.25, 0.3) is 0 Å². The highest BCUT2D eigenvalue weighted by atomic mass is 16.5. The molecule has 1 heterocycles. The fourth-order valence-electron chi connectivity index (χ4n) is 3.49. The van der Waals surface area contributed by atoms with Crippen molar-refractivity contribution in [3.05, 3.63) is 60.2 Å². The summed E-state index contributed by atoms with van der Waals surface area (Å²) in [6.07, 6.45) is 0. The van der Waals surface area contributed by atoms with Crippen molar-refractivity contribution < 1.29 is 19.1 Å². The maximum absolute atomic E-state index is 13.1. The highest BCUT2D eigenvalue weighted by Gasteiger charge is 2.49. The third kappa shape index (κ3) is 3.81. The molecule has 1 fully saturated rings. The van der Waals surface area contributed by atoms with Gasteiger partial charge in [-0.3, -0.25) is 14.5 Å². The lowest BCUT2D eigenvalue weighted by atomic mass is 9.92. The highest BCUT2D eigenvalue weighted by molar-refractivity contribution is 6.10. The van der Waals surface area contributed by atoms with Gasteiger partial charge in [0.2, 0.25) is 5.91 Å². The van der Waals surface area contributed by atoms with Gasteiger partial charge in [-0.2, -0.15) is 0 Å². The number of anilines is 1. The van der Waals surface area contributed by atoms with Crippen LogP contribution in [0.1, 0.15) is 26.3 Å². The number of nitrogens with zero attached hydrogens (tertiary/aromatic N) is 2. The monoisotopic (exact) mass is 395 g/mol. The van der Waals surface area contributed by atoms with Crippen molar-refractivity contribution in [3.8, 4) is 5.75 Å². The van der Waals surface area contributed by atoms with Gasteiger partial charge < -0.3 is 15.0 Å².